The highest BCUT2D eigenvalue weighted by atomic mass is 32.2. The first kappa shape index (κ1) is 17.8. The normalized spacial score (nSPS) is 11.1. The summed E-state index contributed by atoms with van der Waals surface area (Å²) in [6.45, 7) is 1.58. The van der Waals surface area contributed by atoms with Crippen molar-refractivity contribution in [1.29, 1.82) is 0 Å². The van der Waals surface area contributed by atoms with Crippen LogP contribution in [0, 0.1) is 0 Å². The third-order valence-electron chi connectivity index (χ3n) is 3.82. The van der Waals surface area contributed by atoms with E-state index in [0.717, 1.165) is 0 Å². The molecular weight excluding hydrogens is 350 g/mol. The lowest BCUT2D eigenvalue weighted by molar-refractivity contribution is 0.103. The molecule has 0 saturated carbocycles. The molecule has 0 bridgehead atoms. The molecule has 6 heteroatoms. The average Bonchev–Trinajstić information content (AvgIpc) is 2.69. The van der Waals surface area contributed by atoms with Gasteiger partial charge in [-0.25, -0.2) is 13.4 Å². The number of ether oxygens (including phenoxy) is 1. The Morgan fingerprint density at radius 3 is 2.15 bits per heavy atom. The second-order valence-corrected chi connectivity index (χ2v) is 7.84. The highest BCUT2D eigenvalue weighted by molar-refractivity contribution is 7.91. The van der Waals surface area contributed by atoms with Crippen molar-refractivity contribution in [2.24, 2.45) is 0 Å². The van der Waals surface area contributed by atoms with Crippen LogP contribution in [0.1, 0.15) is 22.8 Å². The molecule has 0 amide bonds. The van der Waals surface area contributed by atoms with Gasteiger partial charge in [0.25, 0.3) is 0 Å². The molecule has 1 heterocycles. The largest absolute Gasteiger partial charge is 0.439 e. The lowest BCUT2D eigenvalue weighted by Gasteiger charge is -2.07. The van der Waals surface area contributed by atoms with Gasteiger partial charge in [0.05, 0.1) is 10.6 Å². The monoisotopic (exact) mass is 367 g/mol. The summed E-state index contributed by atoms with van der Waals surface area (Å²) in [7, 11) is -3.28. The Balaban J connectivity index is 1.73. The standard InChI is InChI=1S/C20H17NO4S/c1-2-26(23,24)18-12-13-19(21-14-18)25-17-10-8-16(9-11-17)20(22)15-6-4-3-5-7-15/h3-14H,2H2,1H3. The fourth-order valence-corrected chi connectivity index (χ4v) is 3.15. The fourth-order valence-electron chi connectivity index (χ4n) is 2.33. The first-order valence-electron chi connectivity index (χ1n) is 8.06. The molecular formula is C20H17NO4S. The van der Waals surface area contributed by atoms with Gasteiger partial charge in [0.1, 0.15) is 5.75 Å². The van der Waals surface area contributed by atoms with Crippen molar-refractivity contribution in [2.75, 3.05) is 5.75 Å². The van der Waals surface area contributed by atoms with Crippen LogP contribution in [0.25, 0.3) is 0 Å². The Morgan fingerprint density at radius 1 is 0.923 bits per heavy atom. The van der Waals surface area contributed by atoms with Crippen molar-refractivity contribution < 1.29 is 17.9 Å². The van der Waals surface area contributed by atoms with Gasteiger partial charge in [0, 0.05) is 23.4 Å². The van der Waals surface area contributed by atoms with Gasteiger partial charge in [0.15, 0.2) is 15.6 Å². The molecule has 0 fully saturated rings. The zero-order valence-electron chi connectivity index (χ0n) is 14.1. The van der Waals surface area contributed by atoms with Crippen LogP contribution < -0.4 is 4.74 Å². The Bertz CT molecular complexity index is 996. The van der Waals surface area contributed by atoms with Crippen molar-refractivity contribution in [3.8, 4) is 11.6 Å². The van der Waals surface area contributed by atoms with Gasteiger partial charge >= 0.3 is 0 Å². The second-order valence-electron chi connectivity index (χ2n) is 5.56. The van der Waals surface area contributed by atoms with E-state index in [0.29, 0.717) is 16.9 Å². The van der Waals surface area contributed by atoms with Gasteiger partial charge in [-0.15, -0.1) is 0 Å². The molecule has 0 unspecified atom stereocenters. The molecule has 0 saturated heterocycles. The summed E-state index contributed by atoms with van der Waals surface area (Å²) >= 11 is 0. The summed E-state index contributed by atoms with van der Waals surface area (Å²) in [6, 6.07) is 18.7. The number of carbonyl (C=O) groups is 1. The van der Waals surface area contributed by atoms with Gasteiger partial charge in [-0.3, -0.25) is 4.79 Å². The van der Waals surface area contributed by atoms with Crippen LogP contribution in [0.4, 0.5) is 0 Å². The molecule has 0 N–H and O–H groups in total. The summed E-state index contributed by atoms with van der Waals surface area (Å²) in [4.78, 5) is 16.6. The van der Waals surface area contributed by atoms with Crippen molar-refractivity contribution in [3.05, 3.63) is 84.1 Å². The molecule has 3 aromatic rings. The molecule has 0 atom stereocenters. The summed E-state index contributed by atoms with van der Waals surface area (Å²) in [5.74, 6) is 0.742. The topological polar surface area (TPSA) is 73.3 Å². The number of pyridine rings is 1. The first-order chi connectivity index (χ1) is 12.5. The van der Waals surface area contributed by atoms with Gasteiger partial charge in [-0.1, -0.05) is 37.3 Å². The molecule has 2 aromatic carbocycles. The van der Waals surface area contributed by atoms with Crippen LogP contribution >= 0.6 is 0 Å². The smallest absolute Gasteiger partial charge is 0.219 e. The predicted octanol–water partition coefficient (Wildman–Crippen LogP) is 3.90. The van der Waals surface area contributed by atoms with Crippen molar-refractivity contribution >= 4 is 15.6 Å². The summed E-state index contributed by atoms with van der Waals surface area (Å²) in [5.41, 5.74) is 1.18. The Hall–Kier alpha value is -2.99. The Kier molecular flexibility index (Phi) is 5.14. The van der Waals surface area contributed by atoms with Crippen molar-refractivity contribution in [1.82, 2.24) is 4.98 Å². The van der Waals surface area contributed by atoms with E-state index in [9.17, 15) is 13.2 Å². The second kappa shape index (κ2) is 7.49. The van der Waals surface area contributed by atoms with Gasteiger partial charge in [0.2, 0.25) is 5.88 Å². The van der Waals surface area contributed by atoms with Crippen LogP contribution in [-0.2, 0) is 9.84 Å². The quantitative estimate of drug-likeness (QED) is 0.618. The molecule has 26 heavy (non-hydrogen) atoms. The van der Waals surface area contributed by atoms with Crippen molar-refractivity contribution in [3.63, 3.8) is 0 Å². The Morgan fingerprint density at radius 2 is 1.58 bits per heavy atom. The number of hydrogen-bond acceptors (Lipinski definition) is 5. The number of hydrogen-bond donors (Lipinski definition) is 0. The highest BCUT2D eigenvalue weighted by Crippen LogP contribution is 2.22. The number of carbonyl (C=O) groups excluding carboxylic acids is 1. The van der Waals surface area contributed by atoms with E-state index in [2.05, 4.69) is 4.98 Å². The number of ketones is 1. The van der Waals surface area contributed by atoms with E-state index in [4.69, 9.17) is 4.74 Å². The summed E-state index contributed by atoms with van der Waals surface area (Å²) in [6.07, 6.45) is 1.28. The molecule has 0 spiro atoms. The highest BCUT2D eigenvalue weighted by Gasteiger charge is 2.12. The van der Waals surface area contributed by atoms with E-state index < -0.39 is 9.84 Å². The van der Waals surface area contributed by atoms with Crippen LogP contribution in [0.5, 0.6) is 11.6 Å². The molecule has 132 valence electrons. The van der Waals surface area contributed by atoms with E-state index in [1.54, 1.807) is 43.3 Å². The minimum absolute atomic E-state index is 0.0196. The van der Waals surface area contributed by atoms with E-state index >= 15 is 0 Å². The third kappa shape index (κ3) is 3.97. The minimum Gasteiger partial charge on any atom is -0.439 e. The molecule has 0 aliphatic heterocycles. The van der Waals surface area contributed by atoms with Crippen LogP contribution in [0.2, 0.25) is 0 Å². The minimum atomic E-state index is -3.28. The lowest BCUT2D eigenvalue weighted by atomic mass is 10.0. The van der Waals surface area contributed by atoms with E-state index in [1.807, 2.05) is 18.2 Å². The Labute approximate surface area is 152 Å². The molecule has 5 nitrogen and oxygen atoms in total. The third-order valence-corrected chi connectivity index (χ3v) is 5.54. The van der Waals surface area contributed by atoms with Crippen LogP contribution in [0.3, 0.4) is 0 Å². The predicted molar refractivity (Wildman–Crippen MR) is 98.4 cm³/mol. The zero-order valence-corrected chi connectivity index (χ0v) is 14.9. The van der Waals surface area contributed by atoms with Gasteiger partial charge in [-0.2, -0.15) is 0 Å². The molecule has 0 aliphatic rings. The fraction of sp³-hybridized carbons (Fsp3) is 0.100. The molecule has 0 radical (unpaired) electrons. The molecule has 0 aliphatic carbocycles. The number of aromatic nitrogens is 1. The number of sulfone groups is 1. The molecule has 3 rings (SSSR count). The van der Waals surface area contributed by atoms with Gasteiger partial charge < -0.3 is 4.74 Å². The maximum Gasteiger partial charge on any atom is 0.219 e. The first-order valence-corrected chi connectivity index (χ1v) is 9.71. The van der Waals surface area contributed by atoms with E-state index in [-0.39, 0.29) is 22.3 Å². The van der Waals surface area contributed by atoms with E-state index in [1.165, 1.54) is 18.3 Å². The summed E-state index contributed by atoms with van der Waals surface area (Å²) < 4.78 is 29.2. The average molecular weight is 367 g/mol. The number of nitrogens with zero attached hydrogens (tertiary/aromatic N) is 1. The molecule has 1 aromatic heterocycles. The maximum absolute atomic E-state index is 12.4. The van der Waals surface area contributed by atoms with Crippen LogP contribution in [0.15, 0.2) is 77.8 Å². The summed E-state index contributed by atoms with van der Waals surface area (Å²) in [5, 5.41) is 0. The SMILES string of the molecule is CCS(=O)(=O)c1ccc(Oc2ccc(C(=O)c3ccccc3)cc2)nc1. The van der Waals surface area contributed by atoms with Crippen LogP contribution in [-0.4, -0.2) is 24.9 Å². The zero-order chi connectivity index (χ0) is 18.6. The van der Waals surface area contributed by atoms with Crippen molar-refractivity contribution in [2.45, 2.75) is 11.8 Å². The number of rotatable bonds is 6. The van der Waals surface area contributed by atoms with Gasteiger partial charge in [-0.05, 0) is 30.3 Å². The lowest BCUT2D eigenvalue weighted by Crippen LogP contribution is -2.04. The number of benzene rings is 2. The maximum atomic E-state index is 12.4.